The molecular formula is C15H28. The third kappa shape index (κ3) is 1.97. The van der Waals surface area contributed by atoms with Crippen LogP contribution in [0, 0.1) is 35.0 Å². The summed E-state index contributed by atoms with van der Waals surface area (Å²) in [4.78, 5) is 0. The molecule has 0 aromatic rings. The van der Waals surface area contributed by atoms with Crippen molar-refractivity contribution in [2.45, 2.75) is 60.3 Å². The smallest absolute Gasteiger partial charge is 0.0349 e. The Bertz CT molecular complexity index is 228. The van der Waals surface area contributed by atoms with Gasteiger partial charge in [-0.2, -0.15) is 0 Å². The Balaban J connectivity index is 2.16. The monoisotopic (exact) mass is 208 g/mol. The van der Waals surface area contributed by atoms with Gasteiger partial charge in [0.25, 0.3) is 0 Å². The van der Waals surface area contributed by atoms with Crippen molar-refractivity contribution in [2.24, 2.45) is 35.0 Å². The molecule has 2 fully saturated rings. The van der Waals surface area contributed by atoms with Gasteiger partial charge < -0.3 is 0 Å². The lowest BCUT2D eigenvalue weighted by Gasteiger charge is -2.42. The van der Waals surface area contributed by atoms with Crippen molar-refractivity contribution in [3.8, 4) is 0 Å². The zero-order valence-electron chi connectivity index (χ0n) is 11.2. The van der Waals surface area contributed by atoms with Gasteiger partial charge in [-0.05, 0) is 54.3 Å². The van der Waals surface area contributed by atoms with Crippen molar-refractivity contribution in [1.82, 2.24) is 0 Å². The van der Waals surface area contributed by atoms with Gasteiger partial charge in [0.2, 0.25) is 0 Å². The lowest BCUT2D eigenvalue weighted by molar-refractivity contribution is 0.0737. The molecule has 0 heterocycles. The molecule has 0 radical (unpaired) electrons. The Hall–Kier alpha value is 0. The highest BCUT2D eigenvalue weighted by atomic mass is 14.5. The molecule has 0 spiro atoms. The van der Waals surface area contributed by atoms with Crippen LogP contribution in [0.15, 0.2) is 0 Å². The molecule has 0 aromatic heterocycles. The number of fused-ring (bicyclic) bond motifs is 1. The van der Waals surface area contributed by atoms with E-state index in [0.717, 1.165) is 29.6 Å². The maximum Gasteiger partial charge on any atom is -0.0349 e. The molecule has 0 bridgehead atoms. The maximum atomic E-state index is 2.53. The molecule has 0 heteroatoms. The summed E-state index contributed by atoms with van der Waals surface area (Å²) in [6.07, 6.45) is 5.86. The van der Waals surface area contributed by atoms with Gasteiger partial charge >= 0.3 is 0 Å². The van der Waals surface area contributed by atoms with E-state index in [1.54, 1.807) is 0 Å². The van der Waals surface area contributed by atoms with Crippen LogP contribution in [0.5, 0.6) is 0 Å². The van der Waals surface area contributed by atoms with Crippen LogP contribution in [-0.4, -0.2) is 0 Å². The first-order valence-corrected chi connectivity index (χ1v) is 6.94. The first-order valence-electron chi connectivity index (χ1n) is 6.94. The summed E-state index contributed by atoms with van der Waals surface area (Å²) in [5.41, 5.74) is 0.625. The van der Waals surface area contributed by atoms with E-state index in [4.69, 9.17) is 0 Å². The van der Waals surface area contributed by atoms with Crippen LogP contribution >= 0.6 is 0 Å². The number of rotatable bonds is 1. The molecule has 2 aliphatic rings. The first-order chi connectivity index (χ1) is 6.94. The van der Waals surface area contributed by atoms with Gasteiger partial charge in [-0.15, -0.1) is 0 Å². The fraction of sp³-hybridized carbons (Fsp3) is 1.00. The molecular weight excluding hydrogens is 180 g/mol. The largest absolute Gasteiger partial charge is 0.0651 e. The Morgan fingerprint density at radius 2 is 1.67 bits per heavy atom. The van der Waals surface area contributed by atoms with E-state index in [1.165, 1.54) is 25.7 Å². The molecule has 15 heavy (non-hydrogen) atoms. The van der Waals surface area contributed by atoms with E-state index < -0.39 is 0 Å². The van der Waals surface area contributed by atoms with Crippen LogP contribution in [0.1, 0.15) is 60.3 Å². The summed E-state index contributed by atoms with van der Waals surface area (Å²) in [5.74, 6) is 5.05. The minimum atomic E-state index is 0.625. The minimum absolute atomic E-state index is 0.625. The van der Waals surface area contributed by atoms with Crippen molar-refractivity contribution in [3.05, 3.63) is 0 Å². The Kier molecular flexibility index (Phi) is 2.90. The number of hydrogen-bond acceptors (Lipinski definition) is 0. The van der Waals surface area contributed by atoms with Crippen molar-refractivity contribution in [3.63, 3.8) is 0 Å². The summed E-state index contributed by atoms with van der Waals surface area (Å²) in [6.45, 7) is 12.4. The summed E-state index contributed by atoms with van der Waals surface area (Å²) >= 11 is 0. The Morgan fingerprint density at radius 1 is 1.07 bits per heavy atom. The Morgan fingerprint density at radius 3 is 2.27 bits per heavy atom. The highest BCUT2D eigenvalue weighted by Crippen LogP contribution is 2.56. The molecule has 5 atom stereocenters. The molecule has 0 aliphatic heterocycles. The van der Waals surface area contributed by atoms with E-state index >= 15 is 0 Å². The lowest BCUT2D eigenvalue weighted by atomic mass is 9.63. The SMILES string of the molecule is CCC1CC(C)C2CC(C)(C)CC2C1C. The normalized spacial score (nSPS) is 49.0. The van der Waals surface area contributed by atoms with Gasteiger partial charge in [-0.1, -0.05) is 41.0 Å². The Labute approximate surface area is 95.8 Å². The van der Waals surface area contributed by atoms with Crippen LogP contribution in [0.2, 0.25) is 0 Å². The van der Waals surface area contributed by atoms with Crippen molar-refractivity contribution < 1.29 is 0 Å². The maximum absolute atomic E-state index is 2.53. The molecule has 5 unspecified atom stereocenters. The third-order valence-electron chi connectivity index (χ3n) is 5.48. The van der Waals surface area contributed by atoms with Gasteiger partial charge in [0.1, 0.15) is 0 Å². The molecule has 0 nitrogen and oxygen atoms in total. The molecule has 2 rings (SSSR count). The summed E-state index contributed by atoms with van der Waals surface area (Å²) in [6, 6.07) is 0. The summed E-state index contributed by atoms with van der Waals surface area (Å²) in [7, 11) is 0. The van der Waals surface area contributed by atoms with E-state index in [9.17, 15) is 0 Å². The van der Waals surface area contributed by atoms with Gasteiger partial charge in [0.05, 0.1) is 0 Å². The van der Waals surface area contributed by atoms with Crippen molar-refractivity contribution in [1.29, 1.82) is 0 Å². The van der Waals surface area contributed by atoms with E-state index in [-0.39, 0.29) is 0 Å². The molecule has 0 saturated heterocycles. The van der Waals surface area contributed by atoms with Gasteiger partial charge in [0.15, 0.2) is 0 Å². The second-order valence-electron chi connectivity index (χ2n) is 7.14. The third-order valence-corrected chi connectivity index (χ3v) is 5.48. The quantitative estimate of drug-likeness (QED) is 0.584. The van der Waals surface area contributed by atoms with Crippen LogP contribution in [-0.2, 0) is 0 Å². The van der Waals surface area contributed by atoms with E-state index in [2.05, 4.69) is 34.6 Å². The molecule has 88 valence electrons. The topological polar surface area (TPSA) is 0 Å². The highest BCUT2D eigenvalue weighted by molar-refractivity contribution is 4.97. The van der Waals surface area contributed by atoms with Gasteiger partial charge in [-0.25, -0.2) is 0 Å². The fourth-order valence-corrected chi connectivity index (χ4v) is 4.62. The van der Waals surface area contributed by atoms with Crippen LogP contribution in [0.3, 0.4) is 0 Å². The van der Waals surface area contributed by atoms with Gasteiger partial charge in [0, 0.05) is 0 Å². The number of hydrogen-bond donors (Lipinski definition) is 0. The zero-order valence-corrected chi connectivity index (χ0v) is 11.2. The van der Waals surface area contributed by atoms with Crippen molar-refractivity contribution >= 4 is 0 Å². The fourth-order valence-electron chi connectivity index (χ4n) is 4.62. The average Bonchev–Trinajstić information content (AvgIpc) is 2.48. The van der Waals surface area contributed by atoms with Gasteiger partial charge in [-0.3, -0.25) is 0 Å². The zero-order chi connectivity index (χ0) is 11.2. The van der Waals surface area contributed by atoms with Crippen LogP contribution in [0.25, 0.3) is 0 Å². The second kappa shape index (κ2) is 3.79. The standard InChI is InChI=1S/C15H28/c1-6-12-7-10(2)13-8-15(4,5)9-14(13)11(12)3/h10-14H,6-9H2,1-5H3. The molecule has 2 saturated carbocycles. The van der Waals surface area contributed by atoms with Crippen LogP contribution < -0.4 is 0 Å². The van der Waals surface area contributed by atoms with E-state index in [0.29, 0.717) is 5.41 Å². The predicted molar refractivity (Wildman–Crippen MR) is 66.7 cm³/mol. The first kappa shape index (κ1) is 11.5. The highest BCUT2D eigenvalue weighted by Gasteiger charge is 2.48. The molecule has 0 aromatic carbocycles. The van der Waals surface area contributed by atoms with Crippen LogP contribution in [0.4, 0.5) is 0 Å². The minimum Gasteiger partial charge on any atom is -0.0651 e. The average molecular weight is 208 g/mol. The lowest BCUT2D eigenvalue weighted by Crippen LogP contribution is -2.34. The van der Waals surface area contributed by atoms with E-state index in [1.807, 2.05) is 0 Å². The van der Waals surface area contributed by atoms with Crippen molar-refractivity contribution in [2.75, 3.05) is 0 Å². The predicted octanol–water partition coefficient (Wildman–Crippen LogP) is 4.74. The molecule has 2 aliphatic carbocycles. The summed E-state index contributed by atoms with van der Waals surface area (Å²) in [5, 5.41) is 0. The molecule has 0 N–H and O–H groups in total. The second-order valence-corrected chi connectivity index (χ2v) is 7.14. The summed E-state index contributed by atoms with van der Waals surface area (Å²) < 4.78 is 0. The molecule has 0 amide bonds.